The second kappa shape index (κ2) is 7.83. The van der Waals surface area contributed by atoms with Crippen molar-refractivity contribution in [2.45, 2.75) is 57.1 Å². The molecule has 1 aliphatic rings. The highest BCUT2D eigenvalue weighted by molar-refractivity contribution is 7.99. The summed E-state index contributed by atoms with van der Waals surface area (Å²) < 4.78 is 2.01. The van der Waals surface area contributed by atoms with Crippen LogP contribution in [0.15, 0.2) is 29.4 Å². The van der Waals surface area contributed by atoms with Gasteiger partial charge in [-0.3, -0.25) is 9.36 Å². The molecule has 24 heavy (non-hydrogen) atoms. The Labute approximate surface area is 147 Å². The van der Waals surface area contributed by atoms with Crippen molar-refractivity contribution in [2.75, 3.05) is 5.75 Å². The van der Waals surface area contributed by atoms with Gasteiger partial charge in [0.1, 0.15) is 5.82 Å². The number of aromatic nitrogens is 3. The van der Waals surface area contributed by atoms with E-state index in [0.29, 0.717) is 11.8 Å². The minimum atomic E-state index is 0.0864. The highest BCUT2D eigenvalue weighted by Gasteiger charge is 2.17. The summed E-state index contributed by atoms with van der Waals surface area (Å²) in [7, 11) is 0. The van der Waals surface area contributed by atoms with Crippen LogP contribution >= 0.6 is 11.8 Å². The maximum Gasteiger partial charge on any atom is 0.230 e. The highest BCUT2D eigenvalue weighted by Crippen LogP contribution is 2.23. The fraction of sp³-hybridized carbons (Fsp3) is 0.500. The van der Waals surface area contributed by atoms with Crippen LogP contribution in [0.1, 0.15) is 43.5 Å². The van der Waals surface area contributed by atoms with Crippen LogP contribution in [-0.2, 0) is 4.79 Å². The molecule has 1 aliphatic carbocycles. The van der Waals surface area contributed by atoms with Crippen molar-refractivity contribution in [1.29, 1.82) is 0 Å². The molecule has 6 heteroatoms. The Hall–Kier alpha value is -1.82. The summed E-state index contributed by atoms with van der Waals surface area (Å²) in [6, 6.07) is 8.57. The van der Waals surface area contributed by atoms with E-state index < -0.39 is 0 Å². The zero-order chi connectivity index (χ0) is 16.9. The van der Waals surface area contributed by atoms with E-state index in [1.165, 1.54) is 36.6 Å². The maximum atomic E-state index is 12.2. The molecule has 0 spiro atoms. The van der Waals surface area contributed by atoms with Crippen LogP contribution in [0, 0.1) is 13.8 Å². The lowest BCUT2D eigenvalue weighted by Crippen LogP contribution is -2.37. The SMILES string of the molecule is Cc1cccc(-n2c(C)nnc2SCC(=O)NC2CCCCC2)c1. The first kappa shape index (κ1) is 17.0. The predicted octanol–water partition coefficient (Wildman–Crippen LogP) is 3.43. The lowest BCUT2D eigenvalue weighted by molar-refractivity contribution is -0.119. The Morgan fingerprint density at radius 1 is 1.25 bits per heavy atom. The third kappa shape index (κ3) is 4.17. The van der Waals surface area contributed by atoms with E-state index in [-0.39, 0.29) is 5.91 Å². The van der Waals surface area contributed by atoms with E-state index in [4.69, 9.17) is 0 Å². The first-order valence-corrected chi connectivity index (χ1v) is 9.53. The van der Waals surface area contributed by atoms with Crippen molar-refractivity contribution < 1.29 is 4.79 Å². The summed E-state index contributed by atoms with van der Waals surface area (Å²) >= 11 is 1.44. The smallest absolute Gasteiger partial charge is 0.230 e. The fourth-order valence-corrected chi connectivity index (χ4v) is 3.96. The van der Waals surface area contributed by atoms with Crippen molar-refractivity contribution in [3.8, 4) is 5.69 Å². The van der Waals surface area contributed by atoms with Crippen LogP contribution in [0.4, 0.5) is 0 Å². The van der Waals surface area contributed by atoms with E-state index in [2.05, 4.69) is 34.6 Å². The molecule has 1 N–H and O–H groups in total. The Morgan fingerprint density at radius 3 is 2.79 bits per heavy atom. The molecular formula is C18H24N4OS. The van der Waals surface area contributed by atoms with Gasteiger partial charge in [0.2, 0.25) is 5.91 Å². The largest absolute Gasteiger partial charge is 0.353 e. The van der Waals surface area contributed by atoms with Gasteiger partial charge in [-0.05, 0) is 44.4 Å². The molecule has 0 unspecified atom stereocenters. The average Bonchev–Trinajstić information content (AvgIpc) is 2.94. The van der Waals surface area contributed by atoms with Crippen molar-refractivity contribution in [2.24, 2.45) is 0 Å². The van der Waals surface area contributed by atoms with Gasteiger partial charge in [-0.25, -0.2) is 0 Å². The molecule has 0 radical (unpaired) electrons. The number of carbonyl (C=O) groups excluding carboxylic acids is 1. The second-order valence-corrected chi connectivity index (χ2v) is 7.34. The molecular weight excluding hydrogens is 320 g/mol. The first-order valence-electron chi connectivity index (χ1n) is 8.55. The van der Waals surface area contributed by atoms with Crippen molar-refractivity contribution in [3.63, 3.8) is 0 Å². The molecule has 1 saturated carbocycles. The van der Waals surface area contributed by atoms with Crippen LogP contribution in [-0.4, -0.2) is 32.5 Å². The Balaban J connectivity index is 1.64. The lowest BCUT2D eigenvalue weighted by atomic mass is 9.95. The number of rotatable bonds is 5. The molecule has 1 aromatic heterocycles. The van der Waals surface area contributed by atoms with Gasteiger partial charge < -0.3 is 5.32 Å². The van der Waals surface area contributed by atoms with Gasteiger partial charge >= 0.3 is 0 Å². The van der Waals surface area contributed by atoms with Crippen molar-refractivity contribution >= 4 is 17.7 Å². The predicted molar refractivity (Wildman–Crippen MR) is 96.6 cm³/mol. The van der Waals surface area contributed by atoms with Crippen LogP contribution in [0.3, 0.4) is 0 Å². The van der Waals surface area contributed by atoms with Gasteiger partial charge in [0.15, 0.2) is 5.16 Å². The van der Waals surface area contributed by atoms with E-state index in [0.717, 1.165) is 29.5 Å². The summed E-state index contributed by atoms with van der Waals surface area (Å²) in [6.45, 7) is 4.00. The number of hydrogen-bond acceptors (Lipinski definition) is 4. The molecule has 2 aromatic rings. The van der Waals surface area contributed by atoms with Crippen molar-refractivity contribution in [1.82, 2.24) is 20.1 Å². The van der Waals surface area contributed by atoms with Gasteiger partial charge in [-0.15, -0.1) is 10.2 Å². The second-order valence-electron chi connectivity index (χ2n) is 6.40. The molecule has 1 fully saturated rings. The molecule has 3 rings (SSSR count). The topological polar surface area (TPSA) is 59.8 Å². The molecule has 0 aliphatic heterocycles. The third-order valence-electron chi connectivity index (χ3n) is 4.36. The number of hydrogen-bond donors (Lipinski definition) is 1. The van der Waals surface area contributed by atoms with Gasteiger partial charge in [0.05, 0.1) is 5.75 Å². The lowest BCUT2D eigenvalue weighted by Gasteiger charge is -2.22. The number of aryl methyl sites for hydroxylation is 2. The molecule has 1 amide bonds. The molecule has 1 heterocycles. The summed E-state index contributed by atoms with van der Waals surface area (Å²) in [6.07, 6.45) is 5.95. The Bertz CT molecular complexity index is 707. The average molecular weight is 344 g/mol. The van der Waals surface area contributed by atoms with E-state index >= 15 is 0 Å². The molecule has 1 aromatic carbocycles. The summed E-state index contributed by atoms with van der Waals surface area (Å²) in [5.41, 5.74) is 2.22. The van der Waals surface area contributed by atoms with Gasteiger partial charge in [0, 0.05) is 11.7 Å². The van der Waals surface area contributed by atoms with Crippen LogP contribution in [0.2, 0.25) is 0 Å². The Morgan fingerprint density at radius 2 is 2.04 bits per heavy atom. The summed E-state index contributed by atoms with van der Waals surface area (Å²) in [5, 5.41) is 12.3. The summed E-state index contributed by atoms with van der Waals surface area (Å²) in [5.74, 6) is 1.29. The van der Waals surface area contributed by atoms with E-state index in [1.54, 1.807) is 0 Å². The van der Waals surface area contributed by atoms with Gasteiger partial charge in [-0.2, -0.15) is 0 Å². The third-order valence-corrected chi connectivity index (χ3v) is 5.29. The number of amides is 1. The zero-order valence-corrected chi connectivity index (χ0v) is 15.1. The molecule has 0 bridgehead atoms. The van der Waals surface area contributed by atoms with Gasteiger partial charge in [-0.1, -0.05) is 43.2 Å². The molecule has 0 atom stereocenters. The quantitative estimate of drug-likeness (QED) is 0.844. The molecule has 128 valence electrons. The summed E-state index contributed by atoms with van der Waals surface area (Å²) in [4.78, 5) is 12.2. The van der Waals surface area contributed by atoms with Crippen molar-refractivity contribution in [3.05, 3.63) is 35.7 Å². The highest BCUT2D eigenvalue weighted by atomic mass is 32.2. The standard InChI is InChI=1S/C18H24N4OS/c1-13-7-6-10-16(11-13)22-14(2)20-21-18(22)24-12-17(23)19-15-8-4-3-5-9-15/h6-7,10-11,15H,3-5,8-9,12H2,1-2H3,(H,19,23). The Kier molecular flexibility index (Phi) is 5.56. The maximum absolute atomic E-state index is 12.2. The minimum absolute atomic E-state index is 0.0864. The van der Waals surface area contributed by atoms with Crippen LogP contribution in [0.5, 0.6) is 0 Å². The zero-order valence-electron chi connectivity index (χ0n) is 14.3. The first-order chi connectivity index (χ1) is 11.6. The fourth-order valence-electron chi connectivity index (χ4n) is 3.15. The van der Waals surface area contributed by atoms with Gasteiger partial charge in [0.25, 0.3) is 0 Å². The number of benzene rings is 1. The minimum Gasteiger partial charge on any atom is -0.353 e. The number of carbonyl (C=O) groups is 1. The molecule has 5 nitrogen and oxygen atoms in total. The number of nitrogens with zero attached hydrogens (tertiary/aromatic N) is 3. The number of nitrogens with one attached hydrogen (secondary N) is 1. The van der Waals surface area contributed by atoms with E-state index in [9.17, 15) is 4.79 Å². The molecule has 0 saturated heterocycles. The van der Waals surface area contributed by atoms with Crippen LogP contribution in [0.25, 0.3) is 5.69 Å². The monoisotopic (exact) mass is 344 g/mol. The number of thioether (sulfide) groups is 1. The normalized spacial score (nSPS) is 15.4. The van der Waals surface area contributed by atoms with E-state index in [1.807, 2.05) is 23.6 Å². The van der Waals surface area contributed by atoms with Crippen LogP contribution < -0.4 is 5.32 Å².